The van der Waals surface area contributed by atoms with E-state index < -0.39 is 0 Å². The molecule has 6 heteroatoms. The van der Waals surface area contributed by atoms with Crippen LogP contribution >= 0.6 is 0 Å². The van der Waals surface area contributed by atoms with Crippen LogP contribution in [0.15, 0.2) is 42.9 Å². The fraction of sp³-hybridized carbons (Fsp3) is 0.389. The topological polar surface area (TPSA) is 64.5 Å². The second-order valence-electron chi connectivity index (χ2n) is 5.79. The zero-order valence-corrected chi connectivity index (χ0v) is 13.7. The van der Waals surface area contributed by atoms with E-state index in [9.17, 15) is 4.79 Å². The molecule has 1 atom stereocenters. The van der Waals surface area contributed by atoms with E-state index in [1.165, 1.54) is 0 Å². The number of likely N-dealkylation sites (tertiary alicyclic amines) is 1. The number of nitrogens with zero attached hydrogens (tertiary/aromatic N) is 3. The second-order valence-corrected chi connectivity index (χ2v) is 5.79. The molecule has 6 nitrogen and oxygen atoms in total. The van der Waals surface area contributed by atoms with E-state index >= 15 is 0 Å². The van der Waals surface area contributed by atoms with E-state index in [1.54, 1.807) is 25.7 Å². The number of amides is 1. The summed E-state index contributed by atoms with van der Waals surface area (Å²) in [4.78, 5) is 22.6. The van der Waals surface area contributed by atoms with Crippen molar-refractivity contribution >= 4 is 5.91 Å². The van der Waals surface area contributed by atoms with Gasteiger partial charge in [-0.1, -0.05) is 12.1 Å². The molecule has 1 unspecified atom stereocenters. The Morgan fingerprint density at radius 3 is 3.08 bits per heavy atom. The molecular formula is C18H21N3O3. The predicted octanol–water partition coefficient (Wildman–Crippen LogP) is 2.10. The van der Waals surface area contributed by atoms with Gasteiger partial charge in [0.15, 0.2) is 0 Å². The fourth-order valence-corrected chi connectivity index (χ4v) is 2.85. The maximum absolute atomic E-state index is 12.6. The van der Waals surface area contributed by atoms with Crippen molar-refractivity contribution in [3.63, 3.8) is 0 Å². The summed E-state index contributed by atoms with van der Waals surface area (Å²) >= 11 is 0. The molecule has 0 N–H and O–H groups in total. The predicted molar refractivity (Wildman–Crippen MR) is 89.0 cm³/mol. The maximum atomic E-state index is 12.6. The Balaban J connectivity index is 1.58. The van der Waals surface area contributed by atoms with Crippen LogP contribution < -0.4 is 9.47 Å². The molecule has 0 spiro atoms. The first-order valence-electron chi connectivity index (χ1n) is 8.08. The van der Waals surface area contributed by atoms with E-state index in [-0.39, 0.29) is 12.0 Å². The SMILES string of the molecule is COc1cccc(CC(=O)N2CCCC(Oc3cnccn3)C2)c1. The molecule has 2 heterocycles. The van der Waals surface area contributed by atoms with Gasteiger partial charge in [0.2, 0.25) is 11.8 Å². The van der Waals surface area contributed by atoms with Crippen molar-refractivity contribution in [2.75, 3.05) is 20.2 Å². The monoisotopic (exact) mass is 327 g/mol. The summed E-state index contributed by atoms with van der Waals surface area (Å²) in [6.07, 6.45) is 6.98. The number of benzene rings is 1. The van der Waals surface area contributed by atoms with Gasteiger partial charge in [-0.15, -0.1) is 0 Å². The van der Waals surface area contributed by atoms with E-state index in [0.29, 0.717) is 18.8 Å². The van der Waals surface area contributed by atoms with Gasteiger partial charge < -0.3 is 14.4 Å². The Hall–Kier alpha value is -2.63. The molecule has 126 valence electrons. The zero-order chi connectivity index (χ0) is 16.8. The fourth-order valence-electron chi connectivity index (χ4n) is 2.85. The van der Waals surface area contributed by atoms with Crippen molar-refractivity contribution < 1.29 is 14.3 Å². The molecule has 1 aromatic heterocycles. The van der Waals surface area contributed by atoms with Crippen molar-refractivity contribution in [3.05, 3.63) is 48.4 Å². The van der Waals surface area contributed by atoms with Crippen LogP contribution in [0.1, 0.15) is 18.4 Å². The summed E-state index contributed by atoms with van der Waals surface area (Å²) in [6, 6.07) is 7.62. The molecular weight excluding hydrogens is 306 g/mol. The van der Waals surface area contributed by atoms with Crippen molar-refractivity contribution in [1.82, 2.24) is 14.9 Å². The summed E-state index contributed by atoms with van der Waals surface area (Å²) in [5.74, 6) is 1.38. The molecule has 1 fully saturated rings. The lowest BCUT2D eigenvalue weighted by Gasteiger charge is -2.32. The standard InChI is InChI=1S/C18H21N3O3/c1-23-15-5-2-4-14(10-15)11-18(22)21-9-3-6-16(13-21)24-17-12-19-7-8-20-17/h2,4-5,7-8,10,12,16H,3,6,9,11,13H2,1H3. The molecule has 3 rings (SSSR count). The summed E-state index contributed by atoms with van der Waals surface area (Å²) < 4.78 is 11.0. The number of hydrogen-bond acceptors (Lipinski definition) is 5. The summed E-state index contributed by atoms with van der Waals surface area (Å²) in [6.45, 7) is 1.35. The van der Waals surface area contributed by atoms with Gasteiger partial charge in [-0.05, 0) is 30.5 Å². The molecule has 1 aliphatic heterocycles. The van der Waals surface area contributed by atoms with Crippen LogP contribution in [0.3, 0.4) is 0 Å². The molecule has 2 aromatic rings. The molecule has 0 bridgehead atoms. The summed E-state index contributed by atoms with van der Waals surface area (Å²) in [5, 5.41) is 0. The number of carbonyl (C=O) groups is 1. The van der Waals surface area contributed by atoms with Gasteiger partial charge >= 0.3 is 0 Å². The normalized spacial score (nSPS) is 17.4. The lowest BCUT2D eigenvalue weighted by molar-refractivity contribution is -0.133. The average molecular weight is 327 g/mol. The van der Waals surface area contributed by atoms with Gasteiger partial charge in [0, 0.05) is 18.9 Å². The highest BCUT2D eigenvalue weighted by molar-refractivity contribution is 5.79. The molecule has 0 aliphatic carbocycles. The number of piperidine rings is 1. The number of carbonyl (C=O) groups excluding carboxylic acids is 1. The number of methoxy groups -OCH3 is 1. The van der Waals surface area contributed by atoms with E-state index in [4.69, 9.17) is 9.47 Å². The van der Waals surface area contributed by atoms with Gasteiger partial charge in [-0.2, -0.15) is 0 Å². The lowest BCUT2D eigenvalue weighted by atomic mass is 10.1. The quantitative estimate of drug-likeness (QED) is 0.841. The van der Waals surface area contributed by atoms with Gasteiger partial charge in [-0.3, -0.25) is 9.78 Å². The average Bonchev–Trinajstić information content (AvgIpc) is 2.63. The van der Waals surface area contributed by atoms with Gasteiger partial charge in [0.05, 0.1) is 26.3 Å². The molecule has 1 saturated heterocycles. The van der Waals surface area contributed by atoms with E-state index in [2.05, 4.69) is 9.97 Å². The number of hydrogen-bond donors (Lipinski definition) is 0. The van der Waals surface area contributed by atoms with Gasteiger partial charge in [0.25, 0.3) is 0 Å². The van der Waals surface area contributed by atoms with Crippen LogP contribution in [0.2, 0.25) is 0 Å². The molecule has 0 saturated carbocycles. The number of aromatic nitrogens is 2. The van der Waals surface area contributed by atoms with Crippen molar-refractivity contribution in [1.29, 1.82) is 0 Å². The van der Waals surface area contributed by atoms with Crippen LogP contribution in [-0.2, 0) is 11.2 Å². The number of ether oxygens (including phenoxy) is 2. The Morgan fingerprint density at radius 2 is 2.29 bits per heavy atom. The summed E-state index contributed by atoms with van der Waals surface area (Å²) in [5.41, 5.74) is 0.955. The highest BCUT2D eigenvalue weighted by Crippen LogP contribution is 2.18. The van der Waals surface area contributed by atoms with Crippen molar-refractivity contribution in [2.45, 2.75) is 25.4 Å². The number of rotatable bonds is 5. The van der Waals surface area contributed by atoms with Gasteiger partial charge in [-0.25, -0.2) is 4.98 Å². The van der Waals surface area contributed by atoms with Crippen LogP contribution in [0, 0.1) is 0 Å². The maximum Gasteiger partial charge on any atom is 0.232 e. The molecule has 1 aromatic carbocycles. The van der Waals surface area contributed by atoms with Crippen molar-refractivity contribution in [3.8, 4) is 11.6 Å². The molecule has 24 heavy (non-hydrogen) atoms. The largest absolute Gasteiger partial charge is 0.497 e. The lowest BCUT2D eigenvalue weighted by Crippen LogP contribution is -2.45. The van der Waals surface area contributed by atoms with Crippen LogP contribution in [0.5, 0.6) is 11.6 Å². The Kier molecular flexibility index (Phi) is 5.25. The molecule has 0 radical (unpaired) electrons. The first-order chi connectivity index (χ1) is 11.7. The second kappa shape index (κ2) is 7.77. The Bertz CT molecular complexity index is 678. The molecule has 1 amide bonds. The first-order valence-corrected chi connectivity index (χ1v) is 8.08. The smallest absolute Gasteiger partial charge is 0.232 e. The minimum atomic E-state index is -0.0373. The third kappa shape index (κ3) is 4.22. The van der Waals surface area contributed by atoms with Crippen LogP contribution in [-0.4, -0.2) is 47.1 Å². The van der Waals surface area contributed by atoms with E-state index in [1.807, 2.05) is 29.2 Å². The van der Waals surface area contributed by atoms with Crippen molar-refractivity contribution in [2.24, 2.45) is 0 Å². The minimum Gasteiger partial charge on any atom is -0.497 e. The third-order valence-electron chi connectivity index (χ3n) is 4.05. The Morgan fingerprint density at radius 1 is 1.38 bits per heavy atom. The minimum absolute atomic E-state index is 0.0373. The summed E-state index contributed by atoms with van der Waals surface area (Å²) in [7, 11) is 1.62. The zero-order valence-electron chi connectivity index (χ0n) is 13.7. The Labute approximate surface area is 141 Å². The van der Waals surface area contributed by atoms with Crippen LogP contribution in [0.4, 0.5) is 0 Å². The molecule has 1 aliphatic rings. The van der Waals surface area contributed by atoms with E-state index in [0.717, 1.165) is 30.7 Å². The highest BCUT2D eigenvalue weighted by Gasteiger charge is 2.25. The highest BCUT2D eigenvalue weighted by atomic mass is 16.5. The first kappa shape index (κ1) is 16.2. The van der Waals surface area contributed by atoms with Gasteiger partial charge in [0.1, 0.15) is 11.9 Å². The third-order valence-corrected chi connectivity index (χ3v) is 4.05. The van der Waals surface area contributed by atoms with Crippen LogP contribution in [0.25, 0.3) is 0 Å².